The zero-order chi connectivity index (χ0) is 17.9. The number of hydrogen-bond acceptors (Lipinski definition) is 4. The minimum atomic E-state index is -0.190. The third-order valence-electron chi connectivity index (χ3n) is 5.37. The van der Waals surface area contributed by atoms with Crippen LogP contribution in [-0.2, 0) is 17.8 Å². The molecule has 6 heteroatoms. The maximum atomic E-state index is 13.9. The summed E-state index contributed by atoms with van der Waals surface area (Å²) in [5, 5.41) is 2.16. The smallest absolute Gasteiger partial charge is 0.223 e. The van der Waals surface area contributed by atoms with Crippen molar-refractivity contribution in [1.29, 1.82) is 0 Å². The second-order valence-corrected chi connectivity index (χ2v) is 7.97. The minimum Gasteiger partial charge on any atom is -0.366 e. The highest BCUT2D eigenvalue weighted by Crippen LogP contribution is 2.24. The van der Waals surface area contributed by atoms with E-state index >= 15 is 0 Å². The number of para-hydroxylation sites is 1. The number of anilines is 1. The van der Waals surface area contributed by atoms with Crippen LogP contribution in [-0.4, -0.2) is 55.0 Å². The molecule has 0 atom stereocenters. The second kappa shape index (κ2) is 7.76. The number of rotatable bonds is 4. The first-order valence-corrected chi connectivity index (χ1v) is 10.1. The van der Waals surface area contributed by atoms with Crippen LogP contribution < -0.4 is 4.90 Å². The molecule has 0 spiro atoms. The van der Waals surface area contributed by atoms with E-state index in [1.54, 1.807) is 6.07 Å². The number of hydrogen-bond donors (Lipinski definition) is 0. The lowest BCUT2D eigenvalue weighted by atomic mass is 10.1. The number of amides is 1. The number of fused-ring (bicyclic) bond motifs is 1. The summed E-state index contributed by atoms with van der Waals surface area (Å²) in [5.74, 6) is 0.0282. The standard InChI is InChI=1S/C20H24FN3OS/c21-17-3-1-2-4-18(17)23-10-12-24(13-11-23)20(25)6-9-22-8-5-16-7-14-26-19(16)15-22/h1-4,7,14H,5-6,8-13,15H2. The van der Waals surface area contributed by atoms with E-state index in [1.807, 2.05) is 33.3 Å². The van der Waals surface area contributed by atoms with Gasteiger partial charge in [0.2, 0.25) is 5.91 Å². The van der Waals surface area contributed by atoms with E-state index in [9.17, 15) is 9.18 Å². The van der Waals surface area contributed by atoms with Crippen LogP contribution in [0.15, 0.2) is 35.7 Å². The fourth-order valence-electron chi connectivity index (χ4n) is 3.80. The molecule has 1 amide bonds. The molecule has 2 aromatic rings. The van der Waals surface area contributed by atoms with Gasteiger partial charge in [-0.15, -0.1) is 11.3 Å². The number of thiophene rings is 1. The number of benzene rings is 1. The topological polar surface area (TPSA) is 26.8 Å². The highest BCUT2D eigenvalue weighted by molar-refractivity contribution is 7.10. The average Bonchev–Trinajstić information content (AvgIpc) is 3.14. The molecule has 1 fully saturated rings. The third kappa shape index (κ3) is 3.76. The Hall–Kier alpha value is -1.92. The highest BCUT2D eigenvalue weighted by atomic mass is 32.1. The van der Waals surface area contributed by atoms with E-state index in [0.29, 0.717) is 38.3 Å². The van der Waals surface area contributed by atoms with Crippen LogP contribution in [0.1, 0.15) is 16.9 Å². The Labute approximate surface area is 157 Å². The molecule has 2 aliphatic heterocycles. The zero-order valence-electron chi connectivity index (χ0n) is 14.9. The molecule has 0 bridgehead atoms. The summed E-state index contributed by atoms with van der Waals surface area (Å²) in [4.78, 5) is 20.3. The molecule has 4 rings (SSSR count). The molecular formula is C20H24FN3OS. The summed E-state index contributed by atoms with van der Waals surface area (Å²) in [6.45, 7) is 5.55. The van der Waals surface area contributed by atoms with Crippen molar-refractivity contribution in [2.24, 2.45) is 0 Å². The number of halogens is 1. The summed E-state index contributed by atoms with van der Waals surface area (Å²) >= 11 is 1.82. The maximum absolute atomic E-state index is 13.9. The molecule has 0 saturated carbocycles. The van der Waals surface area contributed by atoms with Crippen molar-refractivity contribution in [3.8, 4) is 0 Å². The van der Waals surface area contributed by atoms with E-state index in [1.165, 1.54) is 16.5 Å². The number of carbonyl (C=O) groups excluding carboxylic acids is 1. The average molecular weight is 373 g/mol. The van der Waals surface area contributed by atoms with Gasteiger partial charge in [-0.3, -0.25) is 9.69 Å². The van der Waals surface area contributed by atoms with Crippen molar-refractivity contribution in [2.75, 3.05) is 44.2 Å². The molecule has 26 heavy (non-hydrogen) atoms. The Morgan fingerprint density at radius 2 is 1.88 bits per heavy atom. The molecule has 3 heterocycles. The Balaban J connectivity index is 1.25. The summed E-state index contributed by atoms with van der Waals surface area (Å²) < 4.78 is 13.9. The predicted octanol–water partition coefficient (Wildman–Crippen LogP) is 2.98. The van der Waals surface area contributed by atoms with Crippen LogP contribution >= 0.6 is 11.3 Å². The molecule has 1 saturated heterocycles. The normalized spacial score (nSPS) is 18.0. The van der Waals surface area contributed by atoms with E-state index in [-0.39, 0.29) is 11.7 Å². The van der Waals surface area contributed by atoms with Gasteiger partial charge >= 0.3 is 0 Å². The van der Waals surface area contributed by atoms with Crippen molar-refractivity contribution in [2.45, 2.75) is 19.4 Å². The molecule has 0 radical (unpaired) electrons. The minimum absolute atomic E-state index is 0.190. The summed E-state index contributed by atoms with van der Waals surface area (Å²) in [7, 11) is 0. The van der Waals surface area contributed by atoms with Crippen LogP contribution in [0.25, 0.3) is 0 Å². The Bertz CT molecular complexity index is 770. The SMILES string of the molecule is O=C(CCN1CCc2ccsc2C1)N1CCN(c2ccccc2F)CC1. The zero-order valence-corrected chi connectivity index (χ0v) is 15.7. The molecule has 138 valence electrons. The summed E-state index contributed by atoms with van der Waals surface area (Å²) in [6, 6.07) is 9.08. The first-order valence-electron chi connectivity index (χ1n) is 9.25. The van der Waals surface area contributed by atoms with Gasteiger partial charge in [-0.25, -0.2) is 4.39 Å². The summed E-state index contributed by atoms with van der Waals surface area (Å²) in [5.41, 5.74) is 2.11. The van der Waals surface area contributed by atoms with Gasteiger partial charge in [0.15, 0.2) is 0 Å². The number of carbonyl (C=O) groups is 1. The van der Waals surface area contributed by atoms with Crippen molar-refractivity contribution in [3.05, 3.63) is 52.0 Å². The Kier molecular flexibility index (Phi) is 5.22. The van der Waals surface area contributed by atoms with Crippen LogP contribution in [0.3, 0.4) is 0 Å². The van der Waals surface area contributed by atoms with Gasteiger partial charge in [0.1, 0.15) is 5.82 Å². The quantitative estimate of drug-likeness (QED) is 0.824. The van der Waals surface area contributed by atoms with Gasteiger partial charge in [-0.2, -0.15) is 0 Å². The van der Waals surface area contributed by atoms with E-state index in [4.69, 9.17) is 0 Å². The molecule has 0 aliphatic carbocycles. The van der Waals surface area contributed by atoms with Crippen molar-refractivity contribution in [1.82, 2.24) is 9.80 Å². The van der Waals surface area contributed by atoms with Crippen LogP contribution in [0.4, 0.5) is 10.1 Å². The highest BCUT2D eigenvalue weighted by Gasteiger charge is 2.24. The monoisotopic (exact) mass is 373 g/mol. The fraction of sp³-hybridized carbons (Fsp3) is 0.450. The molecule has 2 aliphatic rings. The van der Waals surface area contributed by atoms with Gasteiger partial charge in [0, 0.05) is 57.1 Å². The van der Waals surface area contributed by atoms with E-state index < -0.39 is 0 Å². The van der Waals surface area contributed by atoms with Crippen molar-refractivity contribution >= 4 is 22.9 Å². The van der Waals surface area contributed by atoms with E-state index in [0.717, 1.165) is 26.1 Å². The van der Waals surface area contributed by atoms with Gasteiger partial charge < -0.3 is 9.80 Å². The van der Waals surface area contributed by atoms with Gasteiger partial charge in [-0.1, -0.05) is 12.1 Å². The maximum Gasteiger partial charge on any atom is 0.223 e. The lowest BCUT2D eigenvalue weighted by Crippen LogP contribution is -2.49. The largest absolute Gasteiger partial charge is 0.366 e. The fourth-order valence-corrected chi connectivity index (χ4v) is 4.77. The lowest BCUT2D eigenvalue weighted by Gasteiger charge is -2.36. The lowest BCUT2D eigenvalue weighted by molar-refractivity contribution is -0.131. The van der Waals surface area contributed by atoms with Crippen LogP contribution in [0.5, 0.6) is 0 Å². The molecular weight excluding hydrogens is 349 g/mol. The first kappa shape index (κ1) is 17.5. The molecule has 1 aromatic heterocycles. The molecule has 1 aromatic carbocycles. The Morgan fingerprint density at radius 1 is 1.08 bits per heavy atom. The molecule has 0 unspecified atom stereocenters. The molecule has 4 nitrogen and oxygen atoms in total. The van der Waals surface area contributed by atoms with Crippen LogP contribution in [0.2, 0.25) is 0 Å². The van der Waals surface area contributed by atoms with Crippen LogP contribution in [0, 0.1) is 5.82 Å². The Morgan fingerprint density at radius 3 is 2.69 bits per heavy atom. The van der Waals surface area contributed by atoms with Gasteiger partial charge in [0.05, 0.1) is 5.69 Å². The van der Waals surface area contributed by atoms with Gasteiger partial charge in [0.25, 0.3) is 0 Å². The van der Waals surface area contributed by atoms with E-state index in [2.05, 4.69) is 16.3 Å². The van der Waals surface area contributed by atoms with Crippen molar-refractivity contribution < 1.29 is 9.18 Å². The summed E-state index contributed by atoms with van der Waals surface area (Å²) in [6.07, 6.45) is 1.66. The third-order valence-corrected chi connectivity index (χ3v) is 6.32. The second-order valence-electron chi connectivity index (χ2n) is 6.96. The van der Waals surface area contributed by atoms with Gasteiger partial charge in [-0.05, 0) is 35.6 Å². The molecule has 0 N–H and O–H groups in total. The predicted molar refractivity (Wildman–Crippen MR) is 103 cm³/mol. The number of piperazine rings is 1. The number of nitrogens with zero attached hydrogens (tertiary/aromatic N) is 3. The first-order chi connectivity index (χ1) is 12.7. The van der Waals surface area contributed by atoms with Crippen molar-refractivity contribution in [3.63, 3.8) is 0 Å².